The summed E-state index contributed by atoms with van der Waals surface area (Å²) < 4.78 is 28.6. The number of hydrogen-bond acceptors (Lipinski definition) is 4. The van der Waals surface area contributed by atoms with Crippen LogP contribution in [-0.2, 0) is 10.0 Å². The standard InChI is InChI=1S/C26H19N3O4S/c30-26(31)24-23(19-9-5-2-6-10-19)22-15-20(16-27-25(22)28-24)29-34(32,33)21-13-11-18(12-14-21)17-7-3-1-4-8-17/h1-16,29H,(H,27,28)(H,30,31). The van der Waals surface area contributed by atoms with Gasteiger partial charge in [0.1, 0.15) is 11.3 Å². The molecule has 0 atom stereocenters. The van der Waals surface area contributed by atoms with Gasteiger partial charge in [-0.3, -0.25) is 4.72 Å². The number of carboxylic acid groups (broad SMARTS) is 1. The Bertz CT molecular complexity index is 1600. The number of hydrogen-bond donors (Lipinski definition) is 3. The molecule has 0 saturated heterocycles. The molecule has 2 aromatic heterocycles. The topological polar surface area (TPSA) is 112 Å². The maximum atomic E-state index is 13.0. The molecule has 168 valence electrons. The zero-order chi connectivity index (χ0) is 23.7. The van der Waals surface area contributed by atoms with Crippen molar-refractivity contribution in [1.29, 1.82) is 0 Å². The Hall–Kier alpha value is -4.43. The number of fused-ring (bicyclic) bond motifs is 1. The summed E-state index contributed by atoms with van der Waals surface area (Å²) in [5.41, 5.74) is 3.60. The lowest BCUT2D eigenvalue weighted by molar-refractivity contribution is 0.0692. The molecular formula is C26H19N3O4S. The van der Waals surface area contributed by atoms with Gasteiger partial charge >= 0.3 is 5.97 Å². The molecule has 0 unspecified atom stereocenters. The van der Waals surface area contributed by atoms with Gasteiger partial charge in [0.05, 0.1) is 16.8 Å². The van der Waals surface area contributed by atoms with Crippen LogP contribution in [0.3, 0.4) is 0 Å². The minimum Gasteiger partial charge on any atom is -0.477 e. The zero-order valence-electron chi connectivity index (χ0n) is 17.8. The van der Waals surface area contributed by atoms with Gasteiger partial charge in [-0.05, 0) is 34.9 Å². The maximum absolute atomic E-state index is 13.0. The Morgan fingerprint density at radius 1 is 0.824 bits per heavy atom. The zero-order valence-corrected chi connectivity index (χ0v) is 18.6. The third kappa shape index (κ3) is 4.02. The number of aromatic nitrogens is 2. The van der Waals surface area contributed by atoms with E-state index in [1.54, 1.807) is 54.6 Å². The quantitative estimate of drug-likeness (QED) is 0.308. The number of sulfonamides is 1. The van der Waals surface area contributed by atoms with Gasteiger partial charge in [-0.1, -0.05) is 72.8 Å². The fourth-order valence-corrected chi connectivity index (χ4v) is 4.90. The summed E-state index contributed by atoms with van der Waals surface area (Å²) >= 11 is 0. The molecule has 5 rings (SSSR count). The SMILES string of the molecule is O=C(O)c1[nH]c2ncc(NS(=O)(=O)c3ccc(-c4ccccc4)cc3)cc2c1-c1ccccc1. The summed E-state index contributed by atoms with van der Waals surface area (Å²) in [4.78, 5) is 19.0. The molecule has 0 fully saturated rings. The number of H-pyrrole nitrogens is 1. The normalized spacial score (nSPS) is 11.4. The molecule has 7 nitrogen and oxygen atoms in total. The van der Waals surface area contributed by atoms with E-state index in [1.807, 2.05) is 36.4 Å². The van der Waals surface area contributed by atoms with E-state index in [9.17, 15) is 18.3 Å². The average molecular weight is 470 g/mol. The van der Waals surface area contributed by atoms with Gasteiger partial charge in [0.25, 0.3) is 10.0 Å². The molecule has 0 radical (unpaired) electrons. The molecule has 3 aromatic carbocycles. The van der Waals surface area contributed by atoms with Gasteiger partial charge < -0.3 is 10.1 Å². The van der Waals surface area contributed by atoms with Crippen LogP contribution >= 0.6 is 0 Å². The van der Waals surface area contributed by atoms with E-state index < -0.39 is 16.0 Å². The Morgan fingerprint density at radius 2 is 1.41 bits per heavy atom. The van der Waals surface area contributed by atoms with Crippen LogP contribution in [0, 0.1) is 0 Å². The highest BCUT2D eigenvalue weighted by molar-refractivity contribution is 7.92. The van der Waals surface area contributed by atoms with E-state index in [1.165, 1.54) is 6.20 Å². The van der Waals surface area contributed by atoms with E-state index in [2.05, 4.69) is 14.7 Å². The van der Waals surface area contributed by atoms with Crippen LogP contribution < -0.4 is 4.72 Å². The van der Waals surface area contributed by atoms with Gasteiger partial charge in [-0.25, -0.2) is 18.2 Å². The lowest BCUT2D eigenvalue weighted by Crippen LogP contribution is -2.13. The minimum atomic E-state index is -3.88. The van der Waals surface area contributed by atoms with Gasteiger partial charge in [-0.2, -0.15) is 0 Å². The van der Waals surface area contributed by atoms with Crippen LogP contribution in [0.15, 0.2) is 102 Å². The van der Waals surface area contributed by atoms with Crippen molar-refractivity contribution in [2.45, 2.75) is 4.90 Å². The molecule has 3 N–H and O–H groups in total. The van der Waals surface area contributed by atoms with Crippen molar-refractivity contribution in [2.24, 2.45) is 0 Å². The molecule has 0 saturated carbocycles. The van der Waals surface area contributed by atoms with Crippen molar-refractivity contribution < 1.29 is 18.3 Å². The lowest BCUT2D eigenvalue weighted by Gasteiger charge is -2.09. The van der Waals surface area contributed by atoms with Crippen molar-refractivity contribution in [3.8, 4) is 22.3 Å². The number of rotatable bonds is 6. The highest BCUT2D eigenvalue weighted by Crippen LogP contribution is 2.33. The molecule has 34 heavy (non-hydrogen) atoms. The molecule has 5 aromatic rings. The van der Waals surface area contributed by atoms with Crippen LogP contribution in [0.25, 0.3) is 33.3 Å². The second kappa shape index (κ2) is 8.49. The lowest BCUT2D eigenvalue weighted by atomic mass is 10.0. The predicted molar refractivity (Wildman–Crippen MR) is 131 cm³/mol. The largest absolute Gasteiger partial charge is 0.477 e. The fraction of sp³-hybridized carbons (Fsp3) is 0. The number of anilines is 1. The molecule has 0 aliphatic carbocycles. The number of carboxylic acids is 1. The summed E-state index contributed by atoms with van der Waals surface area (Å²) in [5, 5.41) is 10.2. The molecular weight excluding hydrogens is 450 g/mol. The van der Waals surface area contributed by atoms with Gasteiger partial charge in [0.15, 0.2) is 0 Å². The van der Waals surface area contributed by atoms with E-state index in [0.717, 1.165) is 11.1 Å². The van der Waals surface area contributed by atoms with Gasteiger partial charge in [0, 0.05) is 10.9 Å². The third-order valence-corrected chi connectivity index (χ3v) is 6.85. The van der Waals surface area contributed by atoms with E-state index in [4.69, 9.17) is 0 Å². The number of pyridine rings is 1. The second-order valence-corrected chi connectivity index (χ2v) is 9.34. The fourth-order valence-electron chi connectivity index (χ4n) is 3.86. The van der Waals surface area contributed by atoms with Gasteiger partial charge in [-0.15, -0.1) is 0 Å². The molecule has 2 heterocycles. The van der Waals surface area contributed by atoms with Crippen LogP contribution in [0.5, 0.6) is 0 Å². The second-order valence-electron chi connectivity index (χ2n) is 7.66. The summed E-state index contributed by atoms with van der Waals surface area (Å²) in [6, 6.07) is 26.9. The van der Waals surface area contributed by atoms with Crippen LogP contribution in [0.1, 0.15) is 10.5 Å². The van der Waals surface area contributed by atoms with Crippen LogP contribution in [0.4, 0.5) is 5.69 Å². The highest BCUT2D eigenvalue weighted by atomic mass is 32.2. The first-order valence-electron chi connectivity index (χ1n) is 10.4. The van der Waals surface area contributed by atoms with Crippen molar-refractivity contribution in [2.75, 3.05) is 4.72 Å². The van der Waals surface area contributed by atoms with Crippen molar-refractivity contribution >= 4 is 32.7 Å². The summed E-state index contributed by atoms with van der Waals surface area (Å²) in [6.45, 7) is 0. The smallest absolute Gasteiger partial charge is 0.353 e. The average Bonchev–Trinajstić information content (AvgIpc) is 3.24. The van der Waals surface area contributed by atoms with Crippen molar-refractivity contribution in [3.05, 3.63) is 103 Å². The summed E-state index contributed by atoms with van der Waals surface area (Å²) in [6.07, 6.45) is 1.36. The molecule has 0 aliphatic rings. The highest BCUT2D eigenvalue weighted by Gasteiger charge is 2.21. The van der Waals surface area contributed by atoms with E-state index in [-0.39, 0.29) is 16.3 Å². The van der Waals surface area contributed by atoms with Gasteiger partial charge in [0.2, 0.25) is 0 Å². The third-order valence-electron chi connectivity index (χ3n) is 5.45. The number of aromatic amines is 1. The van der Waals surface area contributed by atoms with Crippen molar-refractivity contribution in [1.82, 2.24) is 9.97 Å². The summed E-state index contributed by atoms with van der Waals surface area (Å²) in [7, 11) is -3.88. The number of nitrogens with zero attached hydrogens (tertiary/aromatic N) is 1. The van der Waals surface area contributed by atoms with Crippen LogP contribution in [-0.4, -0.2) is 29.5 Å². The molecule has 0 amide bonds. The molecule has 0 spiro atoms. The number of carbonyl (C=O) groups is 1. The Kier molecular flexibility index (Phi) is 5.35. The molecule has 0 bridgehead atoms. The van der Waals surface area contributed by atoms with E-state index in [0.29, 0.717) is 22.2 Å². The molecule has 0 aliphatic heterocycles. The first-order valence-corrected chi connectivity index (χ1v) is 11.9. The minimum absolute atomic E-state index is 0.00907. The Labute approximate surface area is 195 Å². The van der Waals surface area contributed by atoms with E-state index >= 15 is 0 Å². The number of aromatic carboxylic acids is 1. The Morgan fingerprint density at radius 3 is 2.03 bits per heavy atom. The summed E-state index contributed by atoms with van der Waals surface area (Å²) in [5.74, 6) is -1.13. The van der Waals surface area contributed by atoms with Crippen LogP contribution in [0.2, 0.25) is 0 Å². The number of nitrogens with one attached hydrogen (secondary N) is 2. The molecule has 8 heteroatoms. The predicted octanol–water partition coefficient (Wildman–Crippen LogP) is 5.40. The first-order chi connectivity index (χ1) is 16.4. The monoisotopic (exact) mass is 469 g/mol. The number of benzene rings is 3. The first kappa shape index (κ1) is 21.4. The van der Waals surface area contributed by atoms with Crippen molar-refractivity contribution in [3.63, 3.8) is 0 Å². The maximum Gasteiger partial charge on any atom is 0.353 e. The Balaban J connectivity index is 1.51.